The quantitative estimate of drug-likeness (QED) is 0.944. The number of rotatable bonds is 4. The van der Waals surface area contributed by atoms with Crippen LogP contribution in [0.15, 0.2) is 30.5 Å². The number of primary amides is 1. The molecule has 1 unspecified atom stereocenters. The van der Waals surface area contributed by atoms with Crippen molar-refractivity contribution in [2.75, 3.05) is 18.0 Å². The summed E-state index contributed by atoms with van der Waals surface area (Å²) < 4.78 is 13.4. The molecule has 0 spiro atoms. The Kier molecular flexibility index (Phi) is 4.22. The summed E-state index contributed by atoms with van der Waals surface area (Å²) in [7, 11) is 0. The molecule has 5 heteroatoms. The minimum absolute atomic E-state index is 0.234. The SMILES string of the molecule is NC(=O)CCC1CCCN(c2ccnc3cc(F)ccc23)C1. The van der Waals surface area contributed by atoms with Gasteiger partial charge in [0.15, 0.2) is 0 Å². The molecule has 0 aliphatic carbocycles. The van der Waals surface area contributed by atoms with E-state index >= 15 is 0 Å². The van der Waals surface area contributed by atoms with Crippen LogP contribution in [0.1, 0.15) is 25.7 Å². The summed E-state index contributed by atoms with van der Waals surface area (Å²) in [6.45, 7) is 1.88. The summed E-state index contributed by atoms with van der Waals surface area (Å²) >= 11 is 0. The van der Waals surface area contributed by atoms with E-state index in [2.05, 4.69) is 9.88 Å². The van der Waals surface area contributed by atoms with Crippen molar-refractivity contribution in [2.45, 2.75) is 25.7 Å². The van der Waals surface area contributed by atoms with Crippen molar-refractivity contribution in [3.8, 4) is 0 Å². The first kappa shape index (κ1) is 14.8. The van der Waals surface area contributed by atoms with Crippen LogP contribution in [0, 0.1) is 11.7 Å². The van der Waals surface area contributed by atoms with Gasteiger partial charge in [0.05, 0.1) is 5.52 Å². The highest BCUT2D eigenvalue weighted by atomic mass is 19.1. The molecular weight excluding hydrogens is 281 g/mol. The van der Waals surface area contributed by atoms with Gasteiger partial charge < -0.3 is 10.6 Å². The smallest absolute Gasteiger partial charge is 0.217 e. The highest BCUT2D eigenvalue weighted by molar-refractivity contribution is 5.91. The predicted octanol–water partition coefficient (Wildman–Crippen LogP) is 2.86. The van der Waals surface area contributed by atoms with Gasteiger partial charge in [0.2, 0.25) is 5.91 Å². The fourth-order valence-electron chi connectivity index (χ4n) is 3.25. The third-order valence-corrected chi connectivity index (χ3v) is 4.34. The van der Waals surface area contributed by atoms with Crippen molar-refractivity contribution in [2.24, 2.45) is 11.7 Å². The maximum absolute atomic E-state index is 13.4. The number of hydrogen-bond donors (Lipinski definition) is 1. The summed E-state index contributed by atoms with van der Waals surface area (Å²) in [6.07, 6.45) is 5.23. The summed E-state index contributed by atoms with van der Waals surface area (Å²) in [6, 6.07) is 6.71. The third kappa shape index (κ3) is 3.18. The second-order valence-electron chi connectivity index (χ2n) is 5.95. The van der Waals surface area contributed by atoms with Crippen molar-refractivity contribution in [3.63, 3.8) is 0 Å². The molecule has 0 bridgehead atoms. The van der Waals surface area contributed by atoms with E-state index in [0.29, 0.717) is 17.9 Å². The predicted molar refractivity (Wildman–Crippen MR) is 85.1 cm³/mol. The van der Waals surface area contributed by atoms with Gasteiger partial charge in [-0.25, -0.2) is 4.39 Å². The number of halogens is 1. The summed E-state index contributed by atoms with van der Waals surface area (Å²) in [5.41, 5.74) is 7.02. The lowest BCUT2D eigenvalue weighted by Crippen LogP contribution is -2.36. The van der Waals surface area contributed by atoms with E-state index in [1.165, 1.54) is 12.1 Å². The molecule has 3 rings (SSSR count). The molecular formula is C17H20FN3O. The summed E-state index contributed by atoms with van der Waals surface area (Å²) in [5, 5.41) is 0.972. The Bertz CT molecular complexity index is 689. The van der Waals surface area contributed by atoms with Crippen LogP contribution in [0.5, 0.6) is 0 Å². The Morgan fingerprint density at radius 1 is 1.41 bits per heavy atom. The number of carbonyl (C=O) groups is 1. The number of fused-ring (bicyclic) bond motifs is 1. The molecule has 1 aromatic heterocycles. The highest BCUT2D eigenvalue weighted by Gasteiger charge is 2.21. The molecule has 2 aromatic rings. The number of piperidine rings is 1. The molecule has 1 aliphatic heterocycles. The van der Waals surface area contributed by atoms with E-state index in [0.717, 1.165) is 43.4 Å². The van der Waals surface area contributed by atoms with Gasteiger partial charge in [0.25, 0.3) is 0 Å². The zero-order valence-corrected chi connectivity index (χ0v) is 12.5. The number of pyridine rings is 1. The Balaban J connectivity index is 1.82. The van der Waals surface area contributed by atoms with Crippen LogP contribution in [-0.2, 0) is 4.79 Å². The Morgan fingerprint density at radius 2 is 2.27 bits per heavy atom. The van der Waals surface area contributed by atoms with Crippen LogP contribution in [-0.4, -0.2) is 24.0 Å². The first-order chi connectivity index (χ1) is 10.6. The average molecular weight is 301 g/mol. The lowest BCUT2D eigenvalue weighted by atomic mass is 9.92. The standard InChI is InChI=1S/C17H20FN3O/c18-13-4-5-14-15(10-13)20-8-7-16(14)21-9-1-2-12(11-21)3-6-17(19)22/h4-5,7-8,10,12H,1-3,6,9,11H2,(H2,19,22). The third-order valence-electron chi connectivity index (χ3n) is 4.34. The number of benzene rings is 1. The second-order valence-corrected chi connectivity index (χ2v) is 5.95. The van der Waals surface area contributed by atoms with Gasteiger partial charge in [0.1, 0.15) is 5.82 Å². The second kappa shape index (κ2) is 6.30. The largest absolute Gasteiger partial charge is 0.371 e. The maximum atomic E-state index is 13.4. The highest BCUT2D eigenvalue weighted by Crippen LogP contribution is 2.30. The lowest BCUT2D eigenvalue weighted by molar-refractivity contribution is -0.118. The molecule has 1 aromatic carbocycles. The van der Waals surface area contributed by atoms with Crippen molar-refractivity contribution < 1.29 is 9.18 Å². The molecule has 22 heavy (non-hydrogen) atoms. The van der Waals surface area contributed by atoms with Gasteiger partial charge in [-0.05, 0) is 43.4 Å². The number of nitrogens with two attached hydrogens (primary N) is 1. The lowest BCUT2D eigenvalue weighted by Gasteiger charge is -2.35. The van der Waals surface area contributed by atoms with Crippen LogP contribution < -0.4 is 10.6 Å². The number of amides is 1. The van der Waals surface area contributed by atoms with Crippen LogP contribution in [0.25, 0.3) is 10.9 Å². The van der Waals surface area contributed by atoms with E-state index < -0.39 is 0 Å². The van der Waals surface area contributed by atoms with Gasteiger partial charge in [-0.3, -0.25) is 9.78 Å². The normalized spacial score (nSPS) is 18.6. The van der Waals surface area contributed by atoms with Crippen molar-refractivity contribution >= 4 is 22.5 Å². The van der Waals surface area contributed by atoms with Gasteiger partial charge in [-0.2, -0.15) is 0 Å². The molecule has 4 nitrogen and oxygen atoms in total. The summed E-state index contributed by atoms with van der Waals surface area (Å²) in [5.74, 6) is -0.0259. The number of aromatic nitrogens is 1. The van der Waals surface area contributed by atoms with Gasteiger partial charge >= 0.3 is 0 Å². The number of hydrogen-bond acceptors (Lipinski definition) is 3. The fraction of sp³-hybridized carbons (Fsp3) is 0.412. The molecule has 0 radical (unpaired) electrons. The minimum atomic E-state index is -0.268. The minimum Gasteiger partial charge on any atom is -0.371 e. The monoisotopic (exact) mass is 301 g/mol. The van der Waals surface area contributed by atoms with Crippen LogP contribution in [0.4, 0.5) is 10.1 Å². The van der Waals surface area contributed by atoms with Gasteiger partial charge in [0, 0.05) is 42.8 Å². The molecule has 1 fully saturated rings. The average Bonchev–Trinajstić information content (AvgIpc) is 2.52. The molecule has 2 N–H and O–H groups in total. The molecule has 116 valence electrons. The molecule has 1 amide bonds. The van der Waals surface area contributed by atoms with E-state index in [9.17, 15) is 9.18 Å². The Hall–Kier alpha value is -2.17. The molecule has 1 saturated heterocycles. The Morgan fingerprint density at radius 3 is 3.09 bits per heavy atom. The zero-order valence-electron chi connectivity index (χ0n) is 12.5. The molecule has 0 saturated carbocycles. The number of nitrogens with zero attached hydrogens (tertiary/aromatic N) is 2. The first-order valence-electron chi connectivity index (χ1n) is 7.71. The van der Waals surface area contributed by atoms with Gasteiger partial charge in [-0.1, -0.05) is 0 Å². The van der Waals surface area contributed by atoms with Crippen LogP contribution in [0.3, 0.4) is 0 Å². The number of carbonyl (C=O) groups excluding carboxylic acids is 1. The molecule has 1 atom stereocenters. The molecule has 1 aliphatic rings. The topological polar surface area (TPSA) is 59.2 Å². The van der Waals surface area contributed by atoms with Gasteiger partial charge in [-0.15, -0.1) is 0 Å². The van der Waals surface area contributed by atoms with E-state index in [-0.39, 0.29) is 11.7 Å². The maximum Gasteiger partial charge on any atom is 0.217 e. The fourth-order valence-corrected chi connectivity index (χ4v) is 3.25. The van der Waals surface area contributed by atoms with Crippen LogP contribution in [0.2, 0.25) is 0 Å². The van der Waals surface area contributed by atoms with Crippen molar-refractivity contribution in [3.05, 3.63) is 36.3 Å². The van der Waals surface area contributed by atoms with E-state index in [1.807, 2.05) is 6.07 Å². The van der Waals surface area contributed by atoms with E-state index in [4.69, 9.17) is 5.73 Å². The molecule has 2 heterocycles. The van der Waals surface area contributed by atoms with E-state index in [1.54, 1.807) is 12.3 Å². The zero-order chi connectivity index (χ0) is 15.5. The number of anilines is 1. The van der Waals surface area contributed by atoms with Crippen LogP contribution >= 0.6 is 0 Å². The van der Waals surface area contributed by atoms with Crippen molar-refractivity contribution in [1.82, 2.24) is 4.98 Å². The Labute approximate surface area is 129 Å². The summed E-state index contributed by atoms with van der Waals surface area (Å²) in [4.78, 5) is 17.5. The van der Waals surface area contributed by atoms with Crippen molar-refractivity contribution in [1.29, 1.82) is 0 Å². The first-order valence-corrected chi connectivity index (χ1v) is 7.71.